The third-order valence-corrected chi connectivity index (χ3v) is 3.28. The number of pyridine rings is 1. The lowest BCUT2D eigenvalue weighted by atomic mass is 10.2. The molecular weight excluding hydrogens is 274 g/mol. The van der Waals surface area contributed by atoms with Gasteiger partial charge in [0.05, 0.1) is 10.7 Å². The van der Waals surface area contributed by atoms with Crippen molar-refractivity contribution in [2.75, 3.05) is 5.32 Å². The van der Waals surface area contributed by atoms with Crippen molar-refractivity contribution in [2.45, 2.75) is 6.92 Å². The minimum atomic E-state index is -0.278. The van der Waals surface area contributed by atoms with Crippen molar-refractivity contribution in [1.29, 1.82) is 0 Å². The smallest absolute Gasteiger partial charge is 0.275 e. The highest BCUT2D eigenvalue weighted by molar-refractivity contribution is 6.34. The van der Waals surface area contributed by atoms with E-state index in [2.05, 4.69) is 10.3 Å². The van der Waals surface area contributed by atoms with Gasteiger partial charge in [0.1, 0.15) is 11.3 Å². The van der Waals surface area contributed by atoms with Crippen molar-refractivity contribution < 1.29 is 4.79 Å². The minimum absolute atomic E-state index is 0.278. The quantitative estimate of drug-likeness (QED) is 0.783. The number of carbonyl (C=O) groups is 1. The SMILES string of the molecule is Cc1ccc(NC(=O)c2cn3ccccc3n2)c(Cl)c1. The van der Waals surface area contributed by atoms with E-state index < -0.39 is 0 Å². The molecule has 4 nitrogen and oxygen atoms in total. The van der Waals surface area contributed by atoms with Gasteiger partial charge in [0, 0.05) is 12.4 Å². The van der Waals surface area contributed by atoms with Gasteiger partial charge in [-0.05, 0) is 36.8 Å². The van der Waals surface area contributed by atoms with Gasteiger partial charge in [-0.15, -0.1) is 0 Å². The van der Waals surface area contributed by atoms with Gasteiger partial charge in [0.25, 0.3) is 5.91 Å². The maximum atomic E-state index is 12.2. The van der Waals surface area contributed by atoms with Crippen LogP contribution in [0.1, 0.15) is 16.1 Å². The zero-order valence-electron chi connectivity index (χ0n) is 10.8. The number of aromatic nitrogens is 2. The minimum Gasteiger partial charge on any atom is -0.319 e. The Morgan fingerprint density at radius 2 is 2.15 bits per heavy atom. The zero-order valence-corrected chi connectivity index (χ0v) is 11.6. The highest BCUT2D eigenvalue weighted by Gasteiger charge is 2.12. The number of hydrogen-bond donors (Lipinski definition) is 1. The van der Waals surface area contributed by atoms with Crippen LogP contribution in [-0.4, -0.2) is 15.3 Å². The molecule has 2 aromatic heterocycles. The number of halogens is 1. The third-order valence-electron chi connectivity index (χ3n) is 2.97. The molecule has 1 aromatic carbocycles. The van der Waals surface area contributed by atoms with Crippen LogP contribution in [0.15, 0.2) is 48.8 Å². The number of fused-ring (bicyclic) bond motifs is 1. The summed E-state index contributed by atoms with van der Waals surface area (Å²) in [6.45, 7) is 1.94. The number of amides is 1. The Bertz CT molecular complexity index is 762. The zero-order chi connectivity index (χ0) is 14.1. The topological polar surface area (TPSA) is 46.4 Å². The Hall–Kier alpha value is -2.33. The summed E-state index contributed by atoms with van der Waals surface area (Å²) < 4.78 is 1.80. The molecule has 0 spiro atoms. The normalized spacial score (nSPS) is 10.7. The second-order valence-corrected chi connectivity index (χ2v) is 4.94. The van der Waals surface area contributed by atoms with E-state index in [1.54, 1.807) is 22.7 Å². The molecule has 3 aromatic rings. The molecular formula is C15H12ClN3O. The largest absolute Gasteiger partial charge is 0.319 e. The monoisotopic (exact) mass is 285 g/mol. The first-order valence-electron chi connectivity index (χ1n) is 6.15. The number of nitrogens with zero attached hydrogens (tertiary/aromatic N) is 2. The summed E-state index contributed by atoms with van der Waals surface area (Å²) in [6, 6.07) is 11.1. The lowest BCUT2D eigenvalue weighted by Crippen LogP contribution is -2.12. The summed E-state index contributed by atoms with van der Waals surface area (Å²) in [4.78, 5) is 16.4. The molecule has 0 saturated carbocycles. The first-order chi connectivity index (χ1) is 9.63. The molecule has 20 heavy (non-hydrogen) atoms. The molecule has 2 heterocycles. The Kier molecular flexibility index (Phi) is 3.16. The summed E-state index contributed by atoms with van der Waals surface area (Å²) in [7, 11) is 0. The number of rotatable bonds is 2. The second-order valence-electron chi connectivity index (χ2n) is 4.53. The fraction of sp³-hybridized carbons (Fsp3) is 0.0667. The van der Waals surface area contributed by atoms with E-state index in [1.807, 2.05) is 37.4 Å². The van der Waals surface area contributed by atoms with E-state index in [0.29, 0.717) is 16.4 Å². The van der Waals surface area contributed by atoms with Crippen molar-refractivity contribution in [3.8, 4) is 0 Å². The van der Waals surface area contributed by atoms with Crippen molar-refractivity contribution in [3.05, 3.63) is 65.1 Å². The Balaban J connectivity index is 1.89. The standard InChI is InChI=1S/C15H12ClN3O/c1-10-5-6-12(11(16)8-10)18-15(20)13-9-19-7-3-2-4-14(19)17-13/h2-9H,1H3,(H,18,20). The second kappa shape index (κ2) is 4.98. The van der Waals surface area contributed by atoms with Crippen LogP contribution in [0.25, 0.3) is 5.65 Å². The van der Waals surface area contributed by atoms with E-state index in [9.17, 15) is 4.79 Å². The molecule has 0 aliphatic carbocycles. The van der Waals surface area contributed by atoms with Crippen LogP contribution >= 0.6 is 11.6 Å². The third kappa shape index (κ3) is 2.38. The Morgan fingerprint density at radius 1 is 1.30 bits per heavy atom. The molecule has 0 aliphatic rings. The summed E-state index contributed by atoms with van der Waals surface area (Å²) in [5.41, 5.74) is 2.71. The highest BCUT2D eigenvalue weighted by Crippen LogP contribution is 2.23. The lowest BCUT2D eigenvalue weighted by Gasteiger charge is -2.06. The molecule has 0 radical (unpaired) electrons. The van der Waals surface area contributed by atoms with Crippen LogP contribution in [0.4, 0.5) is 5.69 Å². The van der Waals surface area contributed by atoms with Crippen LogP contribution in [0.5, 0.6) is 0 Å². The van der Waals surface area contributed by atoms with Crippen molar-refractivity contribution >= 4 is 28.8 Å². The van der Waals surface area contributed by atoms with Crippen molar-refractivity contribution in [2.24, 2.45) is 0 Å². The number of imidazole rings is 1. The average Bonchev–Trinajstić information content (AvgIpc) is 2.86. The van der Waals surface area contributed by atoms with E-state index >= 15 is 0 Å². The van der Waals surface area contributed by atoms with Gasteiger partial charge >= 0.3 is 0 Å². The fourth-order valence-corrected chi connectivity index (χ4v) is 2.23. The summed E-state index contributed by atoms with van der Waals surface area (Å²) in [5.74, 6) is -0.278. The predicted octanol–water partition coefficient (Wildman–Crippen LogP) is 3.55. The summed E-state index contributed by atoms with van der Waals surface area (Å²) in [5, 5.41) is 3.28. The average molecular weight is 286 g/mol. The molecule has 0 fully saturated rings. The molecule has 1 N–H and O–H groups in total. The van der Waals surface area contributed by atoms with Gasteiger partial charge in [0.2, 0.25) is 0 Å². The summed E-state index contributed by atoms with van der Waals surface area (Å²) >= 11 is 6.10. The van der Waals surface area contributed by atoms with Crippen molar-refractivity contribution in [3.63, 3.8) is 0 Å². The van der Waals surface area contributed by atoms with E-state index in [0.717, 1.165) is 11.2 Å². The van der Waals surface area contributed by atoms with Crippen LogP contribution in [0.3, 0.4) is 0 Å². The van der Waals surface area contributed by atoms with Crippen LogP contribution in [-0.2, 0) is 0 Å². The molecule has 1 amide bonds. The van der Waals surface area contributed by atoms with E-state index in [1.165, 1.54) is 0 Å². The highest BCUT2D eigenvalue weighted by atomic mass is 35.5. The van der Waals surface area contributed by atoms with Gasteiger partial charge in [-0.3, -0.25) is 4.79 Å². The van der Waals surface area contributed by atoms with Gasteiger partial charge < -0.3 is 9.72 Å². The Morgan fingerprint density at radius 3 is 2.90 bits per heavy atom. The maximum Gasteiger partial charge on any atom is 0.275 e. The fourth-order valence-electron chi connectivity index (χ4n) is 1.95. The van der Waals surface area contributed by atoms with Gasteiger partial charge in [-0.1, -0.05) is 23.7 Å². The molecule has 0 atom stereocenters. The molecule has 0 saturated heterocycles. The van der Waals surface area contributed by atoms with Crippen LogP contribution in [0.2, 0.25) is 5.02 Å². The number of anilines is 1. The van der Waals surface area contributed by atoms with Crippen molar-refractivity contribution in [1.82, 2.24) is 9.38 Å². The first-order valence-corrected chi connectivity index (χ1v) is 6.52. The molecule has 100 valence electrons. The van der Waals surface area contributed by atoms with E-state index in [4.69, 9.17) is 11.6 Å². The number of hydrogen-bond acceptors (Lipinski definition) is 2. The van der Waals surface area contributed by atoms with Crippen LogP contribution < -0.4 is 5.32 Å². The molecule has 0 bridgehead atoms. The maximum absolute atomic E-state index is 12.2. The first kappa shape index (κ1) is 12.7. The number of aryl methyl sites for hydroxylation is 1. The summed E-state index contributed by atoms with van der Waals surface area (Å²) in [6.07, 6.45) is 3.53. The number of carbonyl (C=O) groups excluding carboxylic acids is 1. The number of nitrogens with one attached hydrogen (secondary N) is 1. The van der Waals surface area contributed by atoms with E-state index in [-0.39, 0.29) is 5.91 Å². The Labute approximate surface area is 121 Å². The van der Waals surface area contributed by atoms with Gasteiger partial charge in [-0.2, -0.15) is 0 Å². The van der Waals surface area contributed by atoms with Gasteiger partial charge in [0.15, 0.2) is 0 Å². The molecule has 5 heteroatoms. The molecule has 3 rings (SSSR count). The number of benzene rings is 1. The predicted molar refractivity (Wildman–Crippen MR) is 79.3 cm³/mol. The molecule has 0 aliphatic heterocycles. The van der Waals surface area contributed by atoms with Gasteiger partial charge in [-0.25, -0.2) is 4.98 Å². The molecule has 0 unspecified atom stereocenters. The lowest BCUT2D eigenvalue weighted by molar-refractivity contribution is 0.102. The van der Waals surface area contributed by atoms with Crippen LogP contribution in [0, 0.1) is 6.92 Å².